The van der Waals surface area contributed by atoms with E-state index in [0.717, 1.165) is 0 Å². The fourth-order valence-corrected chi connectivity index (χ4v) is 3.38. The molecule has 0 saturated carbocycles. The van der Waals surface area contributed by atoms with Crippen molar-refractivity contribution < 1.29 is 19.1 Å². The molecule has 0 atom stereocenters. The van der Waals surface area contributed by atoms with Gasteiger partial charge in [-0.05, 0) is 42.5 Å². The third-order valence-corrected chi connectivity index (χ3v) is 4.91. The minimum atomic E-state index is -0.388. The van der Waals surface area contributed by atoms with Gasteiger partial charge in [0.15, 0.2) is 18.1 Å². The number of anilines is 2. The Labute approximate surface area is 195 Å². The maximum atomic E-state index is 12.6. The van der Waals surface area contributed by atoms with E-state index in [1.165, 1.54) is 17.9 Å². The van der Waals surface area contributed by atoms with E-state index in [-0.39, 0.29) is 30.5 Å². The van der Waals surface area contributed by atoms with Gasteiger partial charge in [0.1, 0.15) is 6.54 Å². The number of nitrogens with one attached hydrogen (secondary N) is 2. The van der Waals surface area contributed by atoms with E-state index in [9.17, 15) is 14.4 Å². The molecule has 0 bridgehead atoms. The van der Waals surface area contributed by atoms with Crippen LogP contribution in [-0.2, 0) is 16.1 Å². The zero-order valence-electron chi connectivity index (χ0n) is 18.4. The first-order valence-corrected chi connectivity index (χ1v) is 10.4. The number of methoxy groups -OCH3 is 1. The van der Waals surface area contributed by atoms with Crippen molar-refractivity contribution in [3.05, 3.63) is 89.3 Å². The molecular weight excluding hydrogens is 436 g/mol. The molecule has 1 aromatic heterocycles. The monoisotopic (exact) mass is 458 g/mol. The Morgan fingerprint density at radius 1 is 0.882 bits per heavy atom. The average molecular weight is 458 g/mol. The van der Waals surface area contributed by atoms with E-state index < -0.39 is 0 Å². The van der Waals surface area contributed by atoms with Crippen LogP contribution in [0.25, 0.3) is 11.0 Å². The molecule has 2 amide bonds. The third kappa shape index (κ3) is 5.39. The molecule has 34 heavy (non-hydrogen) atoms. The van der Waals surface area contributed by atoms with Crippen LogP contribution in [0.1, 0.15) is 0 Å². The molecule has 0 aliphatic rings. The fourth-order valence-electron chi connectivity index (χ4n) is 3.38. The number of amides is 2. The van der Waals surface area contributed by atoms with Crippen LogP contribution in [0, 0.1) is 0 Å². The summed E-state index contributed by atoms with van der Waals surface area (Å²) in [6, 6.07) is 20.8. The van der Waals surface area contributed by atoms with Gasteiger partial charge in [0.05, 0.1) is 24.3 Å². The summed E-state index contributed by atoms with van der Waals surface area (Å²) in [7, 11) is 1.52. The highest BCUT2D eigenvalue weighted by Gasteiger charge is 2.11. The topological polar surface area (TPSA) is 112 Å². The third-order valence-electron chi connectivity index (χ3n) is 4.91. The highest BCUT2D eigenvalue weighted by molar-refractivity contribution is 5.95. The number of carbonyl (C=O) groups is 2. The summed E-state index contributed by atoms with van der Waals surface area (Å²) >= 11 is 0. The summed E-state index contributed by atoms with van der Waals surface area (Å²) in [5.41, 5.74) is 1.78. The highest BCUT2D eigenvalue weighted by Crippen LogP contribution is 2.25. The quantitative estimate of drug-likeness (QED) is 0.420. The van der Waals surface area contributed by atoms with Crippen LogP contribution in [0.5, 0.6) is 11.5 Å². The van der Waals surface area contributed by atoms with Crippen LogP contribution < -0.4 is 25.7 Å². The van der Waals surface area contributed by atoms with Crippen molar-refractivity contribution in [3.8, 4) is 11.5 Å². The second-order valence-corrected chi connectivity index (χ2v) is 7.29. The molecule has 9 heteroatoms. The summed E-state index contributed by atoms with van der Waals surface area (Å²) in [4.78, 5) is 41.3. The largest absolute Gasteiger partial charge is 0.493 e. The molecular formula is C25H22N4O5. The number of carbonyl (C=O) groups excluding carboxylic acids is 2. The normalized spacial score (nSPS) is 10.5. The van der Waals surface area contributed by atoms with Crippen LogP contribution in [0.15, 0.2) is 83.8 Å². The first kappa shape index (κ1) is 22.5. The number of hydrogen-bond acceptors (Lipinski definition) is 6. The lowest BCUT2D eigenvalue weighted by atomic mass is 10.2. The van der Waals surface area contributed by atoms with E-state index in [2.05, 4.69) is 15.6 Å². The predicted molar refractivity (Wildman–Crippen MR) is 128 cm³/mol. The summed E-state index contributed by atoms with van der Waals surface area (Å²) in [5, 5.41) is 5.48. The SMILES string of the molecule is COc1ccccc1OCC(=O)Nc1cccc(NC(=O)Cn2c(=O)cnc3ccccc32)c1. The molecule has 9 nitrogen and oxygen atoms in total. The molecule has 4 aromatic rings. The Bertz CT molecular complexity index is 1400. The maximum absolute atomic E-state index is 12.6. The van der Waals surface area contributed by atoms with Crippen molar-refractivity contribution in [1.29, 1.82) is 0 Å². The van der Waals surface area contributed by atoms with E-state index >= 15 is 0 Å². The lowest BCUT2D eigenvalue weighted by Crippen LogP contribution is -2.28. The molecule has 3 aromatic carbocycles. The maximum Gasteiger partial charge on any atom is 0.269 e. The van der Waals surface area contributed by atoms with E-state index in [1.54, 1.807) is 66.7 Å². The average Bonchev–Trinajstić information content (AvgIpc) is 2.85. The molecule has 0 fully saturated rings. The Morgan fingerprint density at radius 2 is 1.56 bits per heavy atom. The number of hydrogen-bond donors (Lipinski definition) is 2. The molecule has 172 valence electrons. The minimum Gasteiger partial charge on any atom is -0.493 e. The van der Waals surface area contributed by atoms with Crippen molar-refractivity contribution in [3.63, 3.8) is 0 Å². The Balaban J connectivity index is 1.38. The van der Waals surface area contributed by atoms with Crippen molar-refractivity contribution in [2.45, 2.75) is 6.54 Å². The standard InChI is InChI=1S/C25H22N4O5/c1-33-21-11-4-5-12-22(21)34-16-24(31)28-18-8-6-7-17(13-18)27-23(30)15-29-20-10-3-2-9-19(20)26-14-25(29)32/h2-14H,15-16H2,1H3,(H,27,30)(H,28,31). The molecule has 1 heterocycles. The number of ether oxygens (including phenoxy) is 2. The number of benzene rings is 3. The Morgan fingerprint density at radius 3 is 2.32 bits per heavy atom. The fraction of sp³-hybridized carbons (Fsp3) is 0.120. The Hall–Kier alpha value is -4.66. The van der Waals surface area contributed by atoms with Crippen LogP contribution in [0.4, 0.5) is 11.4 Å². The van der Waals surface area contributed by atoms with Crippen LogP contribution in [0.2, 0.25) is 0 Å². The molecule has 0 aliphatic carbocycles. The molecule has 0 radical (unpaired) electrons. The van der Waals surface area contributed by atoms with Gasteiger partial charge in [-0.1, -0.05) is 30.3 Å². The molecule has 0 saturated heterocycles. The number of para-hydroxylation sites is 4. The Kier molecular flexibility index (Phi) is 6.83. The van der Waals surface area contributed by atoms with Gasteiger partial charge in [-0.2, -0.15) is 0 Å². The van der Waals surface area contributed by atoms with Gasteiger partial charge in [0, 0.05) is 11.4 Å². The van der Waals surface area contributed by atoms with E-state index in [1.807, 2.05) is 6.07 Å². The minimum absolute atomic E-state index is 0.175. The first-order valence-electron chi connectivity index (χ1n) is 10.4. The van der Waals surface area contributed by atoms with Gasteiger partial charge in [0.2, 0.25) is 5.91 Å². The summed E-state index contributed by atoms with van der Waals surface area (Å²) in [6.45, 7) is -0.389. The number of rotatable bonds is 8. The highest BCUT2D eigenvalue weighted by atomic mass is 16.5. The zero-order chi connectivity index (χ0) is 23.9. The second kappa shape index (κ2) is 10.3. The van der Waals surface area contributed by atoms with Crippen molar-refractivity contribution in [2.75, 3.05) is 24.4 Å². The lowest BCUT2D eigenvalue weighted by molar-refractivity contribution is -0.118. The lowest BCUT2D eigenvalue weighted by Gasteiger charge is -2.12. The van der Waals surface area contributed by atoms with Crippen molar-refractivity contribution in [1.82, 2.24) is 9.55 Å². The van der Waals surface area contributed by atoms with E-state index in [4.69, 9.17) is 9.47 Å². The van der Waals surface area contributed by atoms with Gasteiger partial charge in [-0.3, -0.25) is 19.0 Å². The molecule has 0 spiro atoms. The molecule has 4 rings (SSSR count). The number of nitrogens with zero attached hydrogens (tertiary/aromatic N) is 2. The van der Waals surface area contributed by atoms with Crippen LogP contribution in [0.3, 0.4) is 0 Å². The van der Waals surface area contributed by atoms with Gasteiger partial charge in [-0.25, -0.2) is 4.98 Å². The van der Waals surface area contributed by atoms with E-state index in [0.29, 0.717) is 33.9 Å². The van der Waals surface area contributed by atoms with Crippen LogP contribution >= 0.6 is 0 Å². The van der Waals surface area contributed by atoms with Gasteiger partial charge >= 0.3 is 0 Å². The number of aromatic nitrogens is 2. The second-order valence-electron chi connectivity index (χ2n) is 7.29. The van der Waals surface area contributed by atoms with Gasteiger partial charge in [-0.15, -0.1) is 0 Å². The summed E-state index contributed by atoms with van der Waals surface area (Å²) < 4.78 is 12.1. The summed E-state index contributed by atoms with van der Waals surface area (Å²) in [6.07, 6.45) is 1.19. The summed E-state index contributed by atoms with van der Waals surface area (Å²) in [5.74, 6) is 0.228. The zero-order valence-corrected chi connectivity index (χ0v) is 18.4. The van der Waals surface area contributed by atoms with Gasteiger partial charge < -0.3 is 20.1 Å². The van der Waals surface area contributed by atoms with Crippen LogP contribution in [-0.4, -0.2) is 35.1 Å². The predicted octanol–water partition coefficient (Wildman–Crippen LogP) is 3.06. The number of fused-ring (bicyclic) bond motifs is 1. The smallest absolute Gasteiger partial charge is 0.269 e. The van der Waals surface area contributed by atoms with Crippen molar-refractivity contribution in [2.24, 2.45) is 0 Å². The molecule has 0 unspecified atom stereocenters. The molecule has 0 aliphatic heterocycles. The molecule has 2 N–H and O–H groups in total. The van der Waals surface area contributed by atoms with Gasteiger partial charge in [0.25, 0.3) is 11.5 Å². The first-order chi connectivity index (χ1) is 16.5. The van der Waals surface area contributed by atoms with Crippen molar-refractivity contribution >= 4 is 34.2 Å².